The molecule has 0 aromatic heterocycles. The number of anilines is 1. The van der Waals surface area contributed by atoms with Crippen LogP contribution in [0.4, 0.5) is 11.4 Å². The highest BCUT2D eigenvalue weighted by molar-refractivity contribution is 5.63. The lowest BCUT2D eigenvalue weighted by Gasteiger charge is -2.33. The number of morpholine rings is 1. The van der Waals surface area contributed by atoms with Crippen molar-refractivity contribution in [2.75, 3.05) is 31.2 Å². The number of benzene rings is 1. The molecular formula is C11H14N2O4. The first-order valence-corrected chi connectivity index (χ1v) is 5.43. The van der Waals surface area contributed by atoms with Gasteiger partial charge in [-0.15, -0.1) is 0 Å². The van der Waals surface area contributed by atoms with E-state index < -0.39 is 4.92 Å². The van der Waals surface area contributed by atoms with Crippen molar-refractivity contribution in [3.63, 3.8) is 0 Å². The molecule has 1 aliphatic heterocycles. The molecule has 2 rings (SSSR count). The Bertz CT molecular complexity index is 410. The molecule has 17 heavy (non-hydrogen) atoms. The Balaban J connectivity index is 2.24. The van der Waals surface area contributed by atoms with Crippen LogP contribution in [-0.2, 0) is 4.74 Å². The van der Waals surface area contributed by atoms with Gasteiger partial charge in [0.05, 0.1) is 24.2 Å². The minimum absolute atomic E-state index is 0.0723. The summed E-state index contributed by atoms with van der Waals surface area (Å²) in [5.41, 5.74) is 0.672. The standard InChI is InChI=1S/C11H14N2O4/c14-8-9-7-12(5-6-17-9)10-3-1-2-4-11(10)13(15)16/h1-4,9,14H,5-8H2. The van der Waals surface area contributed by atoms with E-state index in [0.717, 1.165) is 0 Å². The molecule has 1 unspecified atom stereocenters. The molecular weight excluding hydrogens is 224 g/mol. The summed E-state index contributed by atoms with van der Waals surface area (Å²) in [6.45, 7) is 1.47. The normalized spacial score (nSPS) is 20.3. The molecule has 6 heteroatoms. The summed E-state index contributed by atoms with van der Waals surface area (Å²) in [5.74, 6) is 0. The predicted octanol–water partition coefficient (Wildman–Crippen LogP) is 0.792. The van der Waals surface area contributed by atoms with Crippen molar-refractivity contribution in [3.8, 4) is 0 Å². The van der Waals surface area contributed by atoms with Crippen molar-refractivity contribution in [1.82, 2.24) is 0 Å². The highest BCUT2D eigenvalue weighted by atomic mass is 16.6. The van der Waals surface area contributed by atoms with Gasteiger partial charge in [0, 0.05) is 19.2 Å². The van der Waals surface area contributed by atoms with E-state index >= 15 is 0 Å². The summed E-state index contributed by atoms with van der Waals surface area (Å²) < 4.78 is 5.32. The van der Waals surface area contributed by atoms with Crippen LogP contribution in [-0.4, -0.2) is 42.4 Å². The number of aliphatic hydroxyl groups is 1. The zero-order valence-corrected chi connectivity index (χ0v) is 9.28. The Kier molecular flexibility index (Phi) is 3.55. The fourth-order valence-electron chi connectivity index (χ4n) is 1.93. The van der Waals surface area contributed by atoms with Gasteiger partial charge in [-0.25, -0.2) is 0 Å². The molecule has 1 heterocycles. The molecule has 1 aliphatic rings. The van der Waals surface area contributed by atoms with Gasteiger partial charge in [-0.2, -0.15) is 0 Å². The second-order valence-corrected chi connectivity index (χ2v) is 3.87. The van der Waals surface area contributed by atoms with E-state index in [1.807, 2.05) is 4.90 Å². The number of aliphatic hydroxyl groups excluding tert-OH is 1. The lowest BCUT2D eigenvalue weighted by molar-refractivity contribution is -0.384. The van der Waals surface area contributed by atoms with E-state index in [2.05, 4.69) is 0 Å². The second kappa shape index (κ2) is 5.11. The van der Waals surface area contributed by atoms with E-state index in [-0.39, 0.29) is 18.4 Å². The van der Waals surface area contributed by atoms with Gasteiger partial charge < -0.3 is 14.7 Å². The van der Waals surface area contributed by atoms with Crippen LogP contribution in [0.3, 0.4) is 0 Å². The summed E-state index contributed by atoms with van der Waals surface area (Å²) >= 11 is 0. The van der Waals surface area contributed by atoms with Gasteiger partial charge in [0.1, 0.15) is 5.69 Å². The van der Waals surface area contributed by atoms with Gasteiger partial charge >= 0.3 is 0 Å². The number of rotatable bonds is 3. The molecule has 1 saturated heterocycles. The Hall–Kier alpha value is -1.66. The molecule has 1 aromatic carbocycles. The number of nitrogens with zero attached hydrogens (tertiary/aromatic N) is 2. The van der Waals surface area contributed by atoms with Crippen LogP contribution in [0.1, 0.15) is 0 Å². The molecule has 1 N–H and O–H groups in total. The number of nitro groups is 1. The first-order chi connectivity index (χ1) is 8.22. The third-order valence-electron chi connectivity index (χ3n) is 2.76. The molecule has 1 fully saturated rings. The third kappa shape index (κ3) is 2.54. The van der Waals surface area contributed by atoms with Crippen molar-refractivity contribution in [2.24, 2.45) is 0 Å². The van der Waals surface area contributed by atoms with E-state index in [1.165, 1.54) is 6.07 Å². The van der Waals surface area contributed by atoms with Crippen molar-refractivity contribution in [1.29, 1.82) is 0 Å². The van der Waals surface area contributed by atoms with Crippen molar-refractivity contribution >= 4 is 11.4 Å². The molecule has 1 aromatic rings. The number of hydrogen-bond acceptors (Lipinski definition) is 5. The predicted molar refractivity (Wildman–Crippen MR) is 62.1 cm³/mol. The van der Waals surface area contributed by atoms with Crippen LogP contribution in [0.15, 0.2) is 24.3 Å². The molecule has 0 saturated carbocycles. The highest BCUT2D eigenvalue weighted by Crippen LogP contribution is 2.28. The number of hydrogen-bond donors (Lipinski definition) is 1. The Morgan fingerprint density at radius 2 is 2.29 bits per heavy atom. The largest absolute Gasteiger partial charge is 0.394 e. The summed E-state index contributed by atoms with van der Waals surface area (Å²) in [6, 6.07) is 6.62. The monoisotopic (exact) mass is 238 g/mol. The molecule has 6 nitrogen and oxygen atoms in total. The van der Waals surface area contributed by atoms with E-state index in [9.17, 15) is 10.1 Å². The number of ether oxygens (including phenoxy) is 1. The molecule has 92 valence electrons. The van der Waals surface area contributed by atoms with Crippen LogP contribution >= 0.6 is 0 Å². The summed E-state index contributed by atoms with van der Waals surface area (Å²) in [7, 11) is 0. The smallest absolute Gasteiger partial charge is 0.292 e. The summed E-state index contributed by atoms with van der Waals surface area (Å²) in [6.07, 6.45) is -0.274. The van der Waals surface area contributed by atoms with Gasteiger partial charge in [0.15, 0.2) is 0 Å². The Labute approximate surface area is 98.6 Å². The first-order valence-electron chi connectivity index (χ1n) is 5.43. The number of para-hydroxylation sites is 2. The van der Waals surface area contributed by atoms with Crippen molar-refractivity contribution in [3.05, 3.63) is 34.4 Å². The minimum Gasteiger partial charge on any atom is -0.394 e. The summed E-state index contributed by atoms with van der Waals surface area (Å²) in [4.78, 5) is 12.4. The minimum atomic E-state index is -0.390. The SMILES string of the molecule is O=[N+]([O-])c1ccccc1N1CCOC(CO)C1. The van der Waals surface area contributed by atoms with E-state index in [4.69, 9.17) is 9.84 Å². The maximum absolute atomic E-state index is 10.9. The fourth-order valence-corrected chi connectivity index (χ4v) is 1.93. The average Bonchev–Trinajstić information content (AvgIpc) is 2.39. The average molecular weight is 238 g/mol. The second-order valence-electron chi connectivity index (χ2n) is 3.87. The van der Waals surface area contributed by atoms with Gasteiger partial charge in [0.2, 0.25) is 0 Å². The Morgan fingerprint density at radius 3 is 3.00 bits per heavy atom. The van der Waals surface area contributed by atoms with Gasteiger partial charge in [-0.1, -0.05) is 12.1 Å². The van der Waals surface area contributed by atoms with Crippen LogP contribution in [0.2, 0.25) is 0 Å². The van der Waals surface area contributed by atoms with Crippen LogP contribution in [0.25, 0.3) is 0 Å². The lowest BCUT2D eigenvalue weighted by atomic mass is 10.2. The van der Waals surface area contributed by atoms with Crippen LogP contribution in [0.5, 0.6) is 0 Å². The lowest BCUT2D eigenvalue weighted by Crippen LogP contribution is -2.44. The maximum atomic E-state index is 10.9. The first kappa shape index (κ1) is 11.8. The highest BCUT2D eigenvalue weighted by Gasteiger charge is 2.24. The van der Waals surface area contributed by atoms with Crippen LogP contribution in [0, 0.1) is 10.1 Å². The number of nitro benzene ring substituents is 1. The van der Waals surface area contributed by atoms with Crippen LogP contribution < -0.4 is 4.90 Å². The topological polar surface area (TPSA) is 75.8 Å². The molecule has 0 aliphatic carbocycles. The van der Waals surface area contributed by atoms with Crippen molar-refractivity contribution in [2.45, 2.75) is 6.10 Å². The summed E-state index contributed by atoms with van der Waals surface area (Å²) in [5, 5.41) is 20.0. The van der Waals surface area contributed by atoms with Gasteiger partial charge in [0.25, 0.3) is 5.69 Å². The third-order valence-corrected chi connectivity index (χ3v) is 2.76. The molecule has 0 radical (unpaired) electrons. The van der Waals surface area contributed by atoms with Gasteiger partial charge in [-0.3, -0.25) is 10.1 Å². The van der Waals surface area contributed by atoms with Crippen molar-refractivity contribution < 1.29 is 14.8 Å². The fraction of sp³-hybridized carbons (Fsp3) is 0.455. The molecule has 1 atom stereocenters. The molecule has 0 amide bonds. The molecule has 0 spiro atoms. The maximum Gasteiger partial charge on any atom is 0.292 e. The Morgan fingerprint density at radius 1 is 1.53 bits per heavy atom. The van der Waals surface area contributed by atoms with Gasteiger partial charge in [-0.05, 0) is 6.07 Å². The quantitative estimate of drug-likeness (QED) is 0.622. The molecule has 0 bridgehead atoms. The van der Waals surface area contributed by atoms with E-state index in [1.54, 1.807) is 18.2 Å². The zero-order chi connectivity index (χ0) is 12.3. The zero-order valence-electron chi connectivity index (χ0n) is 9.28. The van der Waals surface area contributed by atoms with E-state index in [0.29, 0.717) is 25.4 Å².